The zero-order valence-corrected chi connectivity index (χ0v) is 23.1. The number of amides is 2. The zero-order valence-electron chi connectivity index (χ0n) is 22.2. The number of benzene rings is 1. The Balaban J connectivity index is 1.55. The van der Waals surface area contributed by atoms with Crippen LogP contribution in [0, 0.1) is 0 Å². The zero-order chi connectivity index (χ0) is 29.6. The summed E-state index contributed by atoms with van der Waals surface area (Å²) in [6, 6.07) is 4.71. The molecule has 1 aromatic carbocycles. The van der Waals surface area contributed by atoms with E-state index in [9.17, 15) is 32.5 Å². The molecule has 2 aromatic heterocycles. The molecule has 3 aromatic rings. The lowest BCUT2D eigenvalue weighted by molar-refractivity contribution is -0.149. The molecule has 1 aliphatic rings. The first-order valence-corrected chi connectivity index (χ1v) is 14.5. The van der Waals surface area contributed by atoms with E-state index in [1.807, 2.05) is 0 Å². The smallest absolute Gasteiger partial charge is 0.326 e. The lowest BCUT2D eigenvalue weighted by atomic mass is 10.1. The maximum absolute atomic E-state index is 13.8. The molecule has 14 nitrogen and oxygen atoms in total. The van der Waals surface area contributed by atoms with Gasteiger partial charge in [0.25, 0.3) is 16.0 Å². The van der Waals surface area contributed by atoms with E-state index in [2.05, 4.69) is 22.4 Å². The summed E-state index contributed by atoms with van der Waals surface area (Å²) in [7, 11) is -4.65. The SMILES string of the molecule is CCCCCC[C@H](C(=O)N1C[C@@H](Oc2ccno2)C[C@H]1C(=O)O)n1cnc(NC(=O)c2ccccc2S(=O)(=O)O)c1. The standard InChI is InChI=1S/C26H31N5O9S/c1-2-3-4-5-9-19(25(33)31-14-17(13-20(31)26(34)35)39-23-11-12-28-40-23)30-15-22(27-16-30)29-24(32)18-8-6-7-10-21(18)41(36,37)38/h6-8,10-12,15-17,19-20H,2-5,9,13-14H2,1H3,(H,29,32)(H,34,35)(H,36,37,38)/t17-,19+,20-/m0/s1. The number of imidazole rings is 1. The number of aromatic nitrogens is 3. The molecule has 4 rings (SSSR count). The molecule has 0 aliphatic carbocycles. The highest BCUT2D eigenvalue weighted by atomic mass is 32.2. The molecule has 2 amide bonds. The van der Waals surface area contributed by atoms with Crippen LogP contribution >= 0.6 is 0 Å². The van der Waals surface area contributed by atoms with Gasteiger partial charge in [-0.15, -0.1) is 0 Å². The van der Waals surface area contributed by atoms with E-state index < -0.39 is 51.0 Å². The van der Waals surface area contributed by atoms with E-state index in [1.54, 1.807) is 0 Å². The predicted molar refractivity (Wildman–Crippen MR) is 143 cm³/mol. The highest BCUT2D eigenvalue weighted by molar-refractivity contribution is 7.86. The summed E-state index contributed by atoms with van der Waals surface area (Å²) in [6.45, 7) is 2.08. The molecular formula is C26H31N5O9S. The van der Waals surface area contributed by atoms with Crippen molar-refractivity contribution < 1.29 is 41.7 Å². The van der Waals surface area contributed by atoms with Gasteiger partial charge in [-0.05, 0) is 18.6 Å². The van der Waals surface area contributed by atoms with Crippen molar-refractivity contribution in [3.8, 4) is 5.95 Å². The second-order valence-electron chi connectivity index (χ2n) is 9.65. The van der Waals surface area contributed by atoms with Crippen molar-refractivity contribution in [2.75, 3.05) is 11.9 Å². The maximum Gasteiger partial charge on any atom is 0.326 e. The Labute approximate surface area is 236 Å². The molecule has 41 heavy (non-hydrogen) atoms. The largest absolute Gasteiger partial charge is 0.480 e. The number of hydrogen-bond donors (Lipinski definition) is 3. The average Bonchev–Trinajstić information content (AvgIpc) is 3.70. The van der Waals surface area contributed by atoms with Crippen LogP contribution in [0.2, 0.25) is 0 Å². The van der Waals surface area contributed by atoms with Gasteiger partial charge >= 0.3 is 11.9 Å². The van der Waals surface area contributed by atoms with Gasteiger partial charge in [0.2, 0.25) is 5.91 Å². The Morgan fingerprint density at radius 3 is 2.66 bits per heavy atom. The quantitative estimate of drug-likeness (QED) is 0.196. The highest BCUT2D eigenvalue weighted by Gasteiger charge is 2.43. The number of rotatable bonds is 13. The molecule has 1 aliphatic heterocycles. The van der Waals surface area contributed by atoms with Crippen LogP contribution < -0.4 is 10.1 Å². The number of carboxylic acids is 1. The van der Waals surface area contributed by atoms with Crippen molar-refractivity contribution in [2.45, 2.75) is 68.5 Å². The molecule has 0 unspecified atom stereocenters. The number of unbranched alkanes of at least 4 members (excludes halogenated alkanes) is 3. The Kier molecular flexibility index (Phi) is 9.39. The fourth-order valence-corrected chi connectivity index (χ4v) is 5.47. The van der Waals surface area contributed by atoms with Gasteiger partial charge in [-0.25, -0.2) is 9.78 Å². The van der Waals surface area contributed by atoms with Gasteiger partial charge in [-0.1, -0.05) is 49.9 Å². The Hall–Kier alpha value is -4.24. The lowest BCUT2D eigenvalue weighted by Crippen LogP contribution is -2.44. The second-order valence-corrected chi connectivity index (χ2v) is 11.0. The molecule has 3 heterocycles. The summed E-state index contributed by atoms with van der Waals surface area (Å²) >= 11 is 0. The Bertz CT molecular complexity index is 1470. The Morgan fingerprint density at radius 1 is 1.20 bits per heavy atom. The monoisotopic (exact) mass is 589 g/mol. The number of carbonyl (C=O) groups is 3. The van der Waals surface area contributed by atoms with Crippen LogP contribution in [0.25, 0.3) is 0 Å². The van der Waals surface area contributed by atoms with Gasteiger partial charge in [-0.2, -0.15) is 8.42 Å². The van der Waals surface area contributed by atoms with Crippen molar-refractivity contribution in [2.24, 2.45) is 0 Å². The summed E-state index contributed by atoms with van der Waals surface area (Å²) < 4.78 is 45.0. The Morgan fingerprint density at radius 2 is 1.98 bits per heavy atom. The number of ether oxygens (including phenoxy) is 1. The molecule has 0 saturated carbocycles. The van der Waals surface area contributed by atoms with Crippen LogP contribution in [-0.4, -0.2) is 74.2 Å². The molecule has 1 fully saturated rings. The van der Waals surface area contributed by atoms with Crippen molar-refractivity contribution in [1.82, 2.24) is 19.6 Å². The van der Waals surface area contributed by atoms with Crippen LogP contribution in [0.4, 0.5) is 5.82 Å². The summed E-state index contributed by atoms with van der Waals surface area (Å²) in [5.41, 5.74) is -0.282. The van der Waals surface area contributed by atoms with Gasteiger partial charge in [0.05, 0.1) is 24.6 Å². The van der Waals surface area contributed by atoms with E-state index in [0.29, 0.717) is 12.8 Å². The summed E-state index contributed by atoms with van der Waals surface area (Å²) in [6.07, 6.45) is 7.51. The number of carboxylic acid groups (broad SMARTS) is 1. The van der Waals surface area contributed by atoms with Gasteiger partial charge < -0.3 is 29.2 Å². The van der Waals surface area contributed by atoms with Crippen LogP contribution in [0.1, 0.15) is 61.8 Å². The van der Waals surface area contributed by atoms with E-state index in [4.69, 9.17) is 9.26 Å². The van der Waals surface area contributed by atoms with E-state index in [-0.39, 0.29) is 30.3 Å². The third-order valence-electron chi connectivity index (χ3n) is 6.76. The van der Waals surface area contributed by atoms with Gasteiger partial charge in [0.15, 0.2) is 5.82 Å². The minimum atomic E-state index is -4.65. The molecular weight excluding hydrogens is 558 g/mol. The number of carbonyl (C=O) groups excluding carboxylic acids is 2. The van der Waals surface area contributed by atoms with Crippen LogP contribution in [-0.2, 0) is 19.7 Å². The van der Waals surface area contributed by atoms with Gasteiger partial charge in [0, 0.05) is 18.7 Å². The molecule has 0 spiro atoms. The number of anilines is 1. The number of hydrogen-bond acceptors (Lipinski definition) is 9. The summed E-state index contributed by atoms with van der Waals surface area (Å²) in [5, 5.41) is 15.9. The maximum atomic E-state index is 13.8. The molecule has 220 valence electrons. The van der Waals surface area contributed by atoms with Crippen LogP contribution in [0.3, 0.4) is 0 Å². The molecule has 15 heteroatoms. The molecule has 0 bridgehead atoms. The topological polar surface area (TPSA) is 194 Å². The number of nitrogens with zero attached hydrogens (tertiary/aromatic N) is 4. The molecule has 0 radical (unpaired) electrons. The van der Waals surface area contributed by atoms with Crippen molar-refractivity contribution in [3.05, 3.63) is 54.6 Å². The molecule has 3 N–H and O–H groups in total. The van der Waals surface area contributed by atoms with Gasteiger partial charge in [-0.3, -0.25) is 14.1 Å². The number of aliphatic carboxylic acids is 1. The molecule has 1 saturated heterocycles. The van der Waals surface area contributed by atoms with E-state index in [0.717, 1.165) is 25.3 Å². The minimum absolute atomic E-state index is 0.0205. The first-order valence-electron chi connectivity index (χ1n) is 13.1. The van der Waals surface area contributed by atoms with Crippen molar-refractivity contribution >= 4 is 33.7 Å². The summed E-state index contributed by atoms with van der Waals surface area (Å²) in [4.78, 5) is 43.6. The highest BCUT2D eigenvalue weighted by Crippen LogP contribution is 2.29. The normalized spacial score (nSPS) is 17.8. The first kappa shape index (κ1) is 29.7. The predicted octanol–water partition coefficient (Wildman–Crippen LogP) is 3.01. The first-order chi connectivity index (χ1) is 19.6. The van der Waals surface area contributed by atoms with Crippen LogP contribution in [0.5, 0.6) is 5.95 Å². The number of likely N-dealkylation sites (tertiary alicyclic amines) is 1. The minimum Gasteiger partial charge on any atom is -0.480 e. The van der Waals surface area contributed by atoms with Gasteiger partial charge in [0.1, 0.15) is 23.1 Å². The molecule has 3 atom stereocenters. The third-order valence-corrected chi connectivity index (χ3v) is 7.67. The van der Waals surface area contributed by atoms with Crippen molar-refractivity contribution in [3.63, 3.8) is 0 Å². The third kappa shape index (κ3) is 7.29. The van der Waals surface area contributed by atoms with Crippen LogP contribution in [0.15, 0.2) is 58.5 Å². The fraction of sp³-hybridized carbons (Fsp3) is 0.423. The fourth-order valence-electron chi connectivity index (χ4n) is 4.78. The van der Waals surface area contributed by atoms with Crippen molar-refractivity contribution in [1.29, 1.82) is 0 Å². The number of nitrogens with one attached hydrogen (secondary N) is 1. The van der Waals surface area contributed by atoms with E-state index >= 15 is 0 Å². The second kappa shape index (κ2) is 13.0. The summed E-state index contributed by atoms with van der Waals surface area (Å²) in [5.74, 6) is -2.27. The lowest BCUT2D eigenvalue weighted by Gasteiger charge is -2.27. The average molecular weight is 590 g/mol. The van der Waals surface area contributed by atoms with E-state index in [1.165, 1.54) is 52.5 Å².